The van der Waals surface area contributed by atoms with E-state index in [9.17, 15) is 9.90 Å². The van der Waals surface area contributed by atoms with Gasteiger partial charge in [-0.05, 0) is 6.42 Å². The van der Waals surface area contributed by atoms with Crippen LogP contribution in [0.1, 0.15) is 58.3 Å². The van der Waals surface area contributed by atoms with Crippen LogP contribution in [0.3, 0.4) is 0 Å². The zero-order valence-electron chi connectivity index (χ0n) is 10.9. The molecule has 1 amide bonds. The molecule has 17 heavy (non-hydrogen) atoms. The predicted molar refractivity (Wildman–Crippen MR) is 66.3 cm³/mol. The minimum atomic E-state index is -0.506. The summed E-state index contributed by atoms with van der Waals surface area (Å²) in [5.74, 6) is 0.00936. The second kappa shape index (κ2) is 8.48. The van der Waals surface area contributed by atoms with Gasteiger partial charge in [-0.25, -0.2) is 5.06 Å². The molecular weight excluding hydrogens is 218 g/mol. The maximum absolute atomic E-state index is 11.6. The molecule has 100 valence electrons. The van der Waals surface area contributed by atoms with Gasteiger partial charge < -0.3 is 5.11 Å². The van der Waals surface area contributed by atoms with Crippen LogP contribution < -0.4 is 0 Å². The molecule has 1 N–H and O–H groups in total. The van der Waals surface area contributed by atoms with Crippen LogP contribution in [-0.4, -0.2) is 35.3 Å². The van der Waals surface area contributed by atoms with Gasteiger partial charge in [-0.1, -0.05) is 45.4 Å². The van der Waals surface area contributed by atoms with Crippen LogP contribution in [0.15, 0.2) is 0 Å². The molecule has 1 heterocycles. The Morgan fingerprint density at radius 1 is 1.24 bits per heavy atom. The van der Waals surface area contributed by atoms with Crippen molar-refractivity contribution in [3.8, 4) is 0 Å². The maximum Gasteiger partial charge on any atom is 0.246 e. The van der Waals surface area contributed by atoms with E-state index in [4.69, 9.17) is 4.84 Å². The lowest BCUT2D eigenvalue weighted by atomic mass is 10.1. The number of nitrogens with zero attached hydrogens (tertiary/aromatic N) is 1. The zero-order chi connectivity index (χ0) is 12.5. The molecule has 1 aliphatic rings. The summed E-state index contributed by atoms with van der Waals surface area (Å²) in [5, 5.41) is 10.5. The molecule has 0 radical (unpaired) electrons. The van der Waals surface area contributed by atoms with Gasteiger partial charge in [-0.15, -0.1) is 0 Å². The molecule has 0 aromatic heterocycles. The van der Waals surface area contributed by atoms with E-state index in [0.29, 0.717) is 13.0 Å². The fraction of sp³-hybridized carbons (Fsp3) is 0.923. The van der Waals surface area contributed by atoms with Gasteiger partial charge in [0.25, 0.3) is 0 Å². The molecule has 1 atom stereocenters. The molecule has 0 aliphatic carbocycles. The first-order valence-electron chi connectivity index (χ1n) is 6.85. The molecule has 4 heteroatoms. The molecule has 1 fully saturated rings. The van der Waals surface area contributed by atoms with Crippen LogP contribution >= 0.6 is 0 Å². The van der Waals surface area contributed by atoms with E-state index in [2.05, 4.69) is 6.92 Å². The van der Waals surface area contributed by atoms with Crippen LogP contribution in [0.2, 0.25) is 0 Å². The fourth-order valence-corrected chi connectivity index (χ4v) is 2.00. The molecule has 0 unspecified atom stereocenters. The Morgan fingerprint density at radius 3 is 2.47 bits per heavy atom. The Kier molecular flexibility index (Phi) is 7.21. The molecule has 0 saturated carbocycles. The molecular formula is C13H25NO3. The van der Waals surface area contributed by atoms with Gasteiger partial charge in [0.2, 0.25) is 5.91 Å². The van der Waals surface area contributed by atoms with E-state index in [1.807, 2.05) is 0 Å². The minimum Gasteiger partial charge on any atom is -0.389 e. The molecule has 0 aromatic rings. The van der Waals surface area contributed by atoms with Crippen molar-refractivity contribution in [2.75, 3.05) is 13.2 Å². The fourth-order valence-electron chi connectivity index (χ4n) is 2.00. The number of aliphatic hydroxyl groups excluding tert-OH is 1. The van der Waals surface area contributed by atoms with Crippen molar-refractivity contribution in [1.82, 2.24) is 5.06 Å². The van der Waals surface area contributed by atoms with E-state index in [1.54, 1.807) is 0 Å². The van der Waals surface area contributed by atoms with E-state index >= 15 is 0 Å². The molecule has 1 rings (SSSR count). The van der Waals surface area contributed by atoms with Crippen molar-refractivity contribution in [2.45, 2.75) is 64.4 Å². The highest BCUT2D eigenvalue weighted by atomic mass is 16.7. The Hall–Kier alpha value is -0.610. The number of amides is 1. The molecule has 1 saturated heterocycles. The van der Waals surface area contributed by atoms with E-state index in [-0.39, 0.29) is 12.5 Å². The lowest BCUT2D eigenvalue weighted by molar-refractivity contribution is -0.168. The second-order valence-electron chi connectivity index (χ2n) is 4.78. The standard InChI is InChI=1S/C13H25NO3/c1-2-3-4-5-6-7-8-9-13(16)14-10-12(15)11-17-14/h12,15H,2-11H2,1H3/t12-/m1/s1. The van der Waals surface area contributed by atoms with Gasteiger partial charge in [0.15, 0.2) is 0 Å². The zero-order valence-corrected chi connectivity index (χ0v) is 10.9. The first-order chi connectivity index (χ1) is 8.24. The molecule has 1 aliphatic heterocycles. The van der Waals surface area contributed by atoms with Crippen LogP contribution in [0.5, 0.6) is 0 Å². The summed E-state index contributed by atoms with van der Waals surface area (Å²) in [4.78, 5) is 16.7. The largest absolute Gasteiger partial charge is 0.389 e. The summed E-state index contributed by atoms with van der Waals surface area (Å²) in [6.07, 6.45) is 8.48. The summed E-state index contributed by atoms with van der Waals surface area (Å²) in [5.41, 5.74) is 0. The average molecular weight is 243 g/mol. The normalized spacial score (nSPS) is 19.9. The summed E-state index contributed by atoms with van der Waals surface area (Å²) in [6.45, 7) is 2.79. The highest BCUT2D eigenvalue weighted by molar-refractivity contribution is 5.75. The third-order valence-corrected chi connectivity index (χ3v) is 3.07. The Labute approximate surface area is 104 Å². The lowest BCUT2D eigenvalue weighted by Crippen LogP contribution is -2.28. The van der Waals surface area contributed by atoms with Crippen LogP contribution in [0.25, 0.3) is 0 Å². The first-order valence-corrected chi connectivity index (χ1v) is 6.85. The van der Waals surface area contributed by atoms with Gasteiger partial charge in [0, 0.05) is 6.42 Å². The van der Waals surface area contributed by atoms with Crippen molar-refractivity contribution in [3.05, 3.63) is 0 Å². The van der Waals surface area contributed by atoms with Gasteiger partial charge >= 0.3 is 0 Å². The molecule has 0 aromatic carbocycles. The number of aliphatic hydroxyl groups is 1. The highest BCUT2D eigenvalue weighted by Gasteiger charge is 2.25. The van der Waals surface area contributed by atoms with Crippen molar-refractivity contribution in [2.24, 2.45) is 0 Å². The highest BCUT2D eigenvalue weighted by Crippen LogP contribution is 2.12. The van der Waals surface area contributed by atoms with E-state index in [1.165, 1.54) is 37.2 Å². The number of carbonyl (C=O) groups excluding carboxylic acids is 1. The summed E-state index contributed by atoms with van der Waals surface area (Å²) in [7, 11) is 0. The summed E-state index contributed by atoms with van der Waals surface area (Å²) < 4.78 is 0. The van der Waals surface area contributed by atoms with Gasteiger partial charge in [0.1, 0.15) is 6.61 Å². The Bertz CT molecular complexity index is 221. The van der Waals surface area contributed by atoms with Crippen LogP contribution in [-0.2, 0) is 9.63 Å². The number of rotatable bonds is 8. The minimum absolute atomic E-state index is 0.00936. The molecule has 4 nitrogen and oxygen atoms in total. The van der Waals surface area contributed by atoms with Crippen LogP contribution in [0.4, 0.5) is 0 Å². The number of carbonyl (C=O) groups is 1. The third-order valence-electron chi connectivity index (χ3n) is 3.07. The predicted octanol–water partition coefficient (Wildman–Crippen LogP) is 2.26. The van der Waals surface area contributed by atoms with Gasteiger partial charge in [0.05, 0.1) is 12.6 Å². The topological polar surface area (TPSA) is 49.8 Å². The summed E-state index contributed by atoms with van der Waals surface area (Å²) in [6, 6.07) is 0. The van der Waals surface area contributed by atoms with Crippen molar-refractivity contribution in [1.29, 1.82) is 0 Å². The van der Waals surface area contributed by atoms with Crippen molar-refractivity contribution < 1.29 is 14.7 Å². The number of hydroxylamine groups is 2. The first kappa shape index (κ1) is 14.5. The van der Waals surface area contributed by atoms with Crippen molar-refractivity contribution >= 4 is 5.91 Å². The molecule has 0 spiro atoms. The quantitative estimate of drug-likeness (QED) is 0.665. The number of hydrogen-bond donors (Lipinski definition) is 1. The smallest absolute Gasteiger partial charge is 0.246 e. The number of unbranched alkanes of at least 4 members (excludes halogenated alkanes) is 6. The number of β-amino-alcohol motifs (C(OH)–C–C–N with tert-alkyl or cyclic N) is 1. The van der Waals surface area contributed by atoms with E-state index < -0.39 is 6.10 Å². The van der Waals surface area contributed by atoms with Gasteiger partial charge in [-0.2, -0.15) is 0 Å². The second-order valence-corrected chi connectivity index (χ2v) is 4.78. The van der Waals surface area contributed by atoms with Gasteiger partial charge in [-0.3, -0.25) is 9.63 Å². The van der Waals surface area contributed by atoms with E-state index in [0.717, 1.165) is 12.8 Å². The Balaban J connectivity index is 1.93. The SMILES string of the molecule is CCCCCCCCCC(=O)N1C[C@@H](O)CO1. The molecule has 0 bridgehead atoms. The van der Waals surface area contributed by atoms with Crippen LogP contribution in [0, 0.1) is 0 Å². The average Bonchev–Trinajstić information content (AvgIpc) is 2.74. The Morgan fingerprint density at radius 2 is 1.88 bits per heavy atom. The third kappa shape index (κ3) is 6.03. The maximum atomic E-state index is 11.6. The monoisotopic (exact) mass is 243 g/mol. The van der Waals surface area contributed by atoms with Crippen molar-refractivity contribution in [3.63, 3.8) is 0 Å². The lowest BCUT2D eigenvalue weighted by Gasteiger charge is -2.13. The number of hydrogen-bond acceptors (Lipinski definition) is 3. The summed E-state index contributed by atoms with van der Waals surface area (Å²) >= 11 is 0.